The molecule has 9 heteroatoms. The topological polar surface area (TPSA) is 84.9 Å². The van der Waals surface area contributed by atoms with E-state index in [-0.39, 0.29) is 23.8 Å². The lowest BCUT2D eigenvalue weighted by molar-refractivity contribution is 0.102. The Kier molecular flexibility index (Phi) is 6.07. The van der Waals surface area contributed by atoms with Gasteiger partial charge in [0, 0.05) is 22.3 Å². The van der Waals surface area contributed by atoms with Crippen molar-refractivity contribution in [3.8, 4) is 11.5 Å². The molecule has 7 nitrogen and oxygen atoms in total. The molecule has 3 aromatic carbocycles. The van der Waals surface area contributed by atoms with E-state index in [4.69, 9.17) is 21.1 Å². The Morgan fingerprint density at radius 2 is 1.81 bits per heavy atom. The molecule has 32 heavy (non-hydrogen) atoms. The van der Waals surface area contributed by atoms with Gasteiger partial charge in [-0.2, -0.15) is 0 Å². The third kappa shape index (κ3) is 4.42. The van der Waals surface area contributed by atoms with Crippen molar-refractivity contribution in [3.63, 3.8) is 0 Å². The van der Waals surface area contributed by atoms with Gasteiger partial charge >= 0.3 is 0 Å². The Morgan fingerprint density at radius 3 is 2.56 bits per heavy atom. The SMILES string of the molecule is C=CCN(c1ccc(Cl)cc1)S(=O)(=O)c1cccc(C(=O)Nc2ccc3c(c2)OCO3)c1. The zero-order valence-corrected chi connectivity index (χ0v) is 18.4. The van der Waals surface area contributed by atoms with Crippen LogP contribution in [0.15, 0.2) is 84.3 Å². The number of sulfonamides is 1. The summed E-state index contributed by atoms with van der Waals surface area (Å²) in [5.74, 6) is 0.672. The van der Waals surface area contributed by atoms with Gasteiger partial charge in [0.05, 0.1) is 17.1 Å². The zero-order chi connectivity index (χ0) is 22.7. The summed E-state index contributed by atoms with van der Waals surface area (Å²) in [5, 5.41) is 3.24. The van der Waals surface area contributed by atoms with Crippen molar-refractivity contribution in [3.05, 3.63) is 90.0 Å². The lowest BCUT2D eigenvalue weighted by Gasteiger charge is -2.23. The monoisotopic (exact) mass is 470 g/mol. The minimum atomic E-state index is -3.96. The van der Waals surface area contributed by atoms with Crippen molar-refractivity contribution in [2.24, 2.45) is 0 Å². The Morgan fingerprint density at radius 1 is 1.06 bits per heavy atom. The quantitative estimate of drug-likeness (QED) is 0.506. The number of fused-ring (bicyclic) bond motifs is 1. The van der Waals surface area contributed by atoms with E-state index in [0.717, 1.165) is 0 Å². The van der Waals surface area contributed by atoms with Gasteiger partial charge in [-0.25, -0.2) is 8.42 Å². The molecule has 0 saturated carbocycles. The molecule has 4 rings (SSSR count). The standard InChI is InChI=1S/C23H19ClN2O5S/c1-2-12-26(19-9-6-17(24)7-10-19)32(28,29)20-5-3-4-16(13-20)23(27)25-18-8-11-21-22(14-18)31-15-30-21/h2-11,13-14H,1,12,15H2,(H,25,27). The molecular formula is C23H19ClN2O5S. The van der Waals surface area contributed by atoms with Crippen molar-refractivity contribution in [2.45, 2.75) is 4.90 Å². The van der Waals surface area contributed by atoms with Crippen LogP contribution in [0, 0.1) is 0 Å². The first-order chi connectivity index (χ1) is 15.4. The van der Waals surface area contributed by atoms with Crippen molar-refractivity contribution < 1.29 is 22.7 Å². The molecule has 3 aromatic rings. The van der Waals surface area contributed by atoms with Crippen molar-refractivity contribution in [1.82, 2.24) is 0 Å². The van der Waals surface area contributed by atoms with Gasteiger partial charge in [0.25, 0.3) is 15.9 Å². The van der Waals surface area contributed by atoms with E-state index in [2.05, 4.69) is 11.9 Å². The molecule has 0 spiro atoms. The molecule has 1 amide bonds. The fraction of sp³-hybridized carbons (Fsp3) is 0.0870. The van der Waals surface area contributed by atoms with Crippen LogP contribution >= 0.6 is 11.6 Å². The number of nitrogens with one attached hydrogen (secondary N) is 1. The van der Waals surface area contributed by atoms with E-state index in [9.17, 15) is 13.2 Å². The predicted octanol–water partition coefficient (Wildman–Crippen LogP) is 4.70. The summed E-state index contributed by atoms with van der Waals surface area (Å²) in [7, 11) is -3.96. The van der Waals surface area contributed by atoms with Gasteiger partial charge in [-0.3, -0.25) is 9.10 Å². The normalized spacial score (nSPS) is 12.3. The molecule has 1 N–H and O–H groups in total. The molecule has 1 aliphatic heterocycles. The number of benzene rings is 3. The van der Waals surface area contributed by atoms with Crippen LogP contribution in [0.2, 0.25) is 5.02 Å². The van der Waals surface area contributed by atoms with E-state index in [1.165, 1.54) is 28.6 Å². The van der Waals surface area contributed by atoms with Crippen LogP contribution in [0.25, 0.3) is 0 Å². The predicted molar refractivity (Wildman–Crippen MR) is 123 cm³/mol. The van der Waals surface area contributed by atoms with Crippen LogP contribution < -0.4 is 19.1 Å². The van der Waals surface area contributed by atoms with Gasteiger partial charge in [-0.1, -0.05) is 23.7 Å². The number of ether oxygens (including phenoxy) is 2. The van der Waals surface area contributed by atoms with Crippen LogP contribution in [0.1, 0.15) is 10.4 Å². The molecule has 1 heterocycles. The maximum atomic E-state index is 13.4. The van der Waals surface area contributed by atoms with Gasteiger partial charge in [0.2, 0.25) is 6.79 Å². The van der Waals surface area contributed by atoms with Crippen LogP contribution in [0.4, 0.5) is 11.4 Å². The Labute approximate surface area is 190 Å². The first kappa shape index (κ1) is 21.7. The number of carbonyl (C=O) groups excluding carboxylic acids is 1. The molecule has 0 saturated heterocycles. The summed E-state index contributed by atoms with van der Waals surface area (Å²) in [4.78, 5) is 12.8. The van der Waals surface area contributed by atoms with E-state index in [1.807, 2.05) is 0 Å². The first-order valence-corrected chi connectivity index (χ1v) is 11.4. The Hall–Kier alpha value is -3.49. The smallest absolute Gasteiger partial charge is 0.264 e. The number of anilines is 2. The second-order valence-electron chi connectivity index (χ2n) is 6.85. The highest BCUT2D eigenvalue weighted by molar-refractivity contribution is 7.92. The average molecular weight is 471 g/mol. The maximum absolute atomic E-state index is 13.4. The van der Waals surface area contributed by atoms with E-state index in [0.29, 0.717) is 27.9 Å². The number of nitrogens with zero attached hydrogens (tertiary/aromatic N) is 1. The molecule has 0 fully saturated rings. The number of hydrogen-bond acceptors (Lipinski definition) is 5. The van der Waals surface area contributed by atoms with Gasteiger partial charge in [0.15, 0.2) is 11.5 Å². The summed E-state index contributed by atoms with van der Waals surface area (Å²) in [6, 6.07) is 17.3. The first-order valence-electron chi connectivity index (χ1n) is 9.59. The molecule has 0 radical (unpaired) electrons. The number of hydrogen-bond donors (Lipinski definition) is 1. The minimum absolute atomic E-state index is 0.0207. The number of halogens is 1. The summed E-state index contributed by atoms with van der Waals surface area (Å²) < 4.78 is 38.5. The summed E-state index contributed by atoms with van der Waals surface area (Å²) in [5.41, 5.74) is 1.13. The van der Waals surface area contributed by atoms with Crippen LogP contribution in [0.5, 0.6) is 11.5 Å². The van der Waals surface area contributed by atoms with E-state index >= 15 is 0 Å². The molecule has 0 atom stereocenters. The van der Waals surface area contributed by atoms with Crippen LogP contribution in [-0.2, 0) is 10.0 Å². The molecule has 0 aromatic heterocycles. The molecule has 0 bridgehead atoms. The molecule has 164 valence electrons. The van der Waals surface area contributed by atoms with Crippen molar-refractivity contribution >= 4 is 38.9 Å². The fourth-order valence-electron chi connectivity index (χ4n) is 3.17. The van der Waals surface area contributed by atoms with Crippen molar-refractivity contribution in [2.75, 3.05) is 23.0 Å². The van der Waals surface area contributed by atoms with Gasteiger partial charge in [0.1, 0.15) is 0 Å². The average Bonchev–Trinajstić information content (AvgIpc) is 3.26. The second-order valence-corrected chi connectivity index (χ2v) is 9.15. The van der Waals surface area contributed by atoms with E-state index in [1.54, 1.807) is 48.5 Å². The molecule has 0 unspecified atom stereocenters. The highest BCUT2D eigenvalue weighted by atomic mass is 35.5. The Balaban J connectivity index is 1.61. The highest BCUT2D eigenvalue weighted by Gasteiger charge is 2.25. The summed E-state index contributed by atoms with van der Waals surface area (Å²) >= 11 is 5.93. The minimum Gasteiger partial charge on any atom is -0.454 e. The van der Waals surface area contributed by atoms with Crippen LogP contribution in [-0.4, -0.2) is 27.7 Å². The van der Waals surface area contributed by atoms with E-state index < -0.39 is 15.9 Å². The van der Waals surface area contributed by atoms with Crippen molar-refractivity contribution in [1.29, 1.82) is 0 Å². The van der Waals surface area contributed by atoms with Gasteiger partial charge in [-0.05, 0) is 54.6 Å². The fourth-order valence-corrected chi connectivity index (χ4v) is 4.78. The molecule has 1 aliphatic rings. The Bertz CT molecular complexity index is 1280. The summed E-state index contributed by atoms with van der Waals surface area (Å²) in [6.07, 6.45) is 1.49. The van der Waals surface area contributed by atoms with Crippen LogP contribution in [0.3, 0.4) is 0 Å². The highest BCUT2D eigenvalue weighted by Crippen LogP contribution is 2.34. The number of amides is 1. The summed E-state index contributed by atoms with van der Waals surface area (Å²) in [6.45, 7) is 3.83. The maximum Gasteiger partial charge on any atom is 0.264 e. The van der Waals surface area contributed by atoms with Gasteiger partial charge in [-0.15, -0.1) is 6.58 Å². The number of rotatable bonds is 7. The largest absolute Gasteiger partial charge is 0.454 e. The van der Waals surface area contributed by atoms with Gasteiger partial charge < -0.3 is 14.8 Å². The number of carbonyl (C=O) groups is 1. The lowest BCUT2D eigenvalue weighted by Crippen LogP contribution is -2.31. The second kappa shape index (κ2) is 8.94. The zero-order valence-electron chi connectivity index (χ0n) is 16.8. The third-order valence-electron chi connectivity index (χ3n) is 4.72. The molecular weight excluding hydrogens is 452 g/mol. The third-order valence-corrected chi connectivity index (χ3v) is 6.77. The molecule has 0 aliphatic carbocycles. The lowest BCUT2D eigenvalue weighted by atomic mass is 10.2.